The Kier molecular flexibility index (Phi) is 7.18. The molecule has 0 aliphatic rings. The maximum atomic E-state index is 4.34. The normalized spacial score (nSPS) is 9.78. The fourth-order valence-corrected chi connectivity index (χ4v) is 1.76. The van der Waals surface area contributed by atoms with Crippen molar-refractivity contribution in [2.45, 2.75) is 32.6 Å². The molecule has 0 aliphatic heterocycles. The van der Waals surface area contributed by atoms with E-state index in [0.717, 1.165) is 18.7 Å². The van der Waals surface area contributed by atoms with E-state index >= 15 is 0 Å². The maximum Gasteiger partial charge on any atom is 0.201 e. The summed E-state index contributed by atoms with van der Waals surface area (Å²) in [6.07, 6.45) is 12.2. The minimum atomic E-state index is 0.485. The number of nitrogens with zero attached hydrogens (tertiary/aromatic N) is 7. The summed E-state index contributed by atoms with van der Waals surface area (Å²) in [5.74, 6) is 1.79. The van der Waals surface area contributed by atoms with Gasteiger partial charge in [-0.05, 0) is 18.6 Å². The number of hydrogen-bond donors (Lipinski definition) is 0. The van der Waals surface area contributed by atoms with Gasteiger partial charge in [0, 0.05) is 18.8 Å². The molecule has 7 heteroatoms. The van der Waals surface area contributed by atoms with Crippen LogP contribution in [0.5, 0.6) is 0 Å². The van der Waals surface area contributed by atoms with Crippen LogP contribution in [0.3, 0.4) is 0 Å². The summed E-state index contributed by atoms with van der Waals surface area (Å²) in [5.41, 5.74) is 0. The average molecular weight is 309 g/mol. The monoisotopic (exact) mass is 309 g/mol. The van der Waals surface area contributed by atoms with Crippen LogP contribution in [0.15, 0.2) is 49.6 Å². The van der Waals surface area contributed by atoms with Gasteiger partial charge in [0.2, 0.25) is 11.6 Å². The molecule has 0 saturated carbocycles. The minimum Gasteiger partial charge on any atom is -0.265 e. The van der Waals surface area contributed by atoms with Crippen LogP contribution in [0, 0.1) is 0 Å². The van der Waals surface area contributed by atoms with Gasteiger partial charge in [-0.1, -0.05) is 25.8 Å². The Morgan fingerprint density at radius 1 is 0.739 bits per heavy atom. The second-order valence-electron chi connectivity index (χ2n) is 4.67. The largest absolute Gasteiger partial charge is 0.265 e. The third kappa shape index (κ3) is 6.21. The van der Waals surface area contributed by atoms with Crippen molar-refractivity contribution in [1.29, 1.82) is 0 Å². The second kappa shape index (κ2) is 9.99. The summed E-state index contributed by atoms with van der Waals surface area (Å²) in [4.78, 5) is 28.1. The van der Waals surface area contributed by atoms with Gasteiger partial charge in [0.05, 0.1) is 0 Å². The van der Waals surface area contributed by atoms with E-state index in [0.29, 0.717) is 11.6 Å². The zero-order valence-corrected chi connectivity index (χ0v) is 13.1. The Morgan fingerprint density at radius 3 is 2.09 bits per heavy atom. The van der Waals surface area contributed by atoms with Crippen molar-refractivity contribution >= 4 is 0 Å². The van der Waals surface area contributed by atoms with E-state index in [4.69, 9.17) is 0 Å². The van der Waals surface area contributed by atoms with E-state index in [1.165, 1.54) is 31.8 Å². The van der Waals surface area contributed by atoms with Crippen molar-refractivity contribution < 1.29 is 0 Å². The highest BCUT2D eigenvalue weighted by Crippen LogP contribution is 2.07. The Balaban J connectivity index is 0.000000268. The van der Waals surface area contributed by atoms with Crippen LogP contribution < -0.4 is 0 Å². The van der Waals surface area contributed by atoms with Crippen LogP contribution in [-0.4, -0.2) is 34.9 Å². The molecular weight excluding hydrogens is 290 g/mol. The summed E-state index contributed by atoms with van der Waals surface area (Å²) in [7, 11) is 0. The molecule has 3 aromatic rings. The minimum absolute atomic E-state index is 0.485. The number of aromatic nitrogens is 7. The molecule has 0 aromatic carbocycles. The Labute approximate surface area is 135 Å². The summed E-state index contributed by atoms with van der Waals surface area (Å²) in [6, 6.07) is 5.72. The van der Waals surface area contributed by atoms with Crippen molar-refractivity contribution in [3.63, 3.8) is 0 Å². The number of unbranched alkanes of at least 4 members (excludes halogenated alkanes) is 2. The highest BCUT2D eigenvalue weighted by molar-refractivity contribution is 5.40. The van der Waals surface area contributed by atoms with Crippen molar-refractivity contribution in [2.75, 3.05) is 0 Å². The molecule has 7 nitrogen and oxygen atoms in total. The first-order valence-electron chi connectivity index (χ1n) is 7.55. The molecule has 3 aromatic heterocycles. The van der Waals surface area contributed by atoms with Gasteiger partial charge >= 0.3 is 0 Å². The molecule has 0 spiro atoms. The van der Waals surface area contributed by atoms with Gasteiger partial charge in [0.15, 0.2) is 0 Å². The summed E-state index contributed by atoms with van der Waals surface area (Å²) < 4.78 is 0. The summed E-state index contributed by atoms with van der Waals surface area (Å²) in [5, 5.41) is 0. The second-order valence-corrected chi connectivity index (χ2v) is 4.67. The molecule has 3 rings (SSSR count). The summed E-state index contributed by atoms with van der Waals surface area (Å²) in [6.45, 7) is 2.17. The van der Waals surface area contributed by atoms with Crippen LogP contribution in [0.2, 0.25) is 0 Å². The van der Waals surface area contributed by atoms with Gasteiger partial charge < -0.3 is 0 Å². The summed E-state index contributed by atoms with van der Waals surface area (Å²) >= 11 is 0. The predicted molar refractivity (Wildman–Crippen MR) is 86.1 cm³/mol. The zero-order valence-electron chi connectivity index (χ0n) is 13.1. The first-order chi connectivity index (χ1) is 11.4. The Bertz CT molecular complexity index is 635. The Hall–Kier alpha value is -2.83. The highest BCUT2D eigenvalue weighted by atomic mass is 15.1. The lowest BCUT2D eigenvalue weighted by atomic mass is 10.2. The molecule has 0 radical (unpaired) electrons. The van der Waals surface area contributed by atoms with E-state index in [9.17, 15) is 0 Å². The first-order valence-corrected chi connectivity index (χ1v) is 7.55. The number of pyridine rings is 1. The fourth-order valence-electron chi connectivity index (χ4n) is 1.76. The third-order valence-corrected chi connectivity index (χ3v) is 2.89. The predicted octanol–water partition coefficient (Wildman–Crippen LogP) is 2.54. The van der Waals surface area contributed by atoms with Gasteiger partial charge in [-0.25, -0.2) is 29.9 Å². The number of hydrogen-bond acceptors (Lipinski definition) is 7. The molecule has 118 valence electrons. The van der Waals surface area contributed by atoms with E-state index < -0.39 is 0 Å². The molecule has 0 unspecified atom stereocenters. The number of rotatable bonds is 5. The van der Waals surface area contributed by atoms with Crippen LogP contribution in [0.1, 0.15) is 32.0 Å². The molecule has 0 bridgehead atoms. The van der Waals surface area contributed by atoms with Gasteiger partial charge in [-0.15, -0.1) is 0 Å². The van der Waals surface area contributed by atoms with Crippen molar-refractivity contribution in [1.82, 2.24) is 34.9 Å². The molecule has 0 atom stereocenters. The van der Waals surface area contributed by atoms with Crippen LogP contribution in [0.25, 0.3) is 11.6 Å². The van der Waals surface area contributed by atoms with Crippen LogP contribution in [0.4, 0.5) is 0 Å². The average Bonchev–Trinajstić information content (AvgIpc) is 2.65. The number of aryl methyl sites for hydroxylation is 1. The van der Waals surface area contributed by atoms with Crippen LogP contribution >= 0.6 is 0 Å². The van der Waals surface area contributed by atoms with Crippen molar-refractivity contribution in [3.8, 4) is 11.6 Å². The van der Waals surface area contributed by atoms with E-state index in [1.807, 2.05) is 18.2 Å². The van der Waals surface area contributed by atoms with Crippen molar-refractivity contribution in [2.24, 2.45) is 0 Å². The van der Waals surface area contributed by atoms with Gasteiger partial charge in [0.25, 0.3) is 0 Å². The fraction of sp³-hybridized carbons (Fsp3) is 0.312. The lowest BCUT2D eigenvalue weighted by Gasteiger charge is -2.00. The zero-order chi connectivity index (χ0) is 16.2. The molecular formula is C16H19N7. The maximum absolute atomic E-state index is 4.34. The van der Waals surface area contributed by atoms with Gasteiger partial charge in [-0.3, -0.25) is 4.98 Å². The van der Waals surface area contributed by atoms with E-state index in [1.54, 1.807) is 12.4 Å². The topological polar surface area (TPSA) is 90.2 Å². The van der Waals surface area contributed by atoms with Gasteiger partial charge in [0.1, 0.15) is 24.8 Å². The van der Waals surface area contributed by atoms with E-state index in [2.05, 4.69) is 41.8 Å². The molecule has 0 amide bonds. The lowest BCUT2D eigenvalue weighted by molar-refractivity contribution is 0.690. The Morgan fingerprint density at radius 2 is 1.48 bits per heavy atom. The molecule has 0 fully saturated rings. The van der Waals surface area contributed by atoms with Crippen LogP contribution in [-0.2, 0) is 6.42 Å². The third-order valence-electron chi connectivity index (χ3n) is 2.89. The van der Waals surface area contributed by atoms with E-state index in [-0.39, 0.29) is 0 Å². The molecule has 0 aliphatic carbocycles. The quantitative estimate of drug-likeness (QED) is 0.669. The smallest absolute Gasteiger partial charge is 0.201 e. The van der Waals surface area contributed by atoms with Gasteiger partial charge in [-0.2, -0.15) is 0 Å². The first kappa shape index (κ1) is 16.5. The standard InChI is InChI=1S/C11H14N6.C5H5N/c1-2-3-4-5-9-13-8-16-11(17-9)10-14-6-12-7-15-10;1-2-4-6-5-3-1/h6-8H,2-5H2,1H3;1-5H. The highest BCUT2D eigenvalue weighted by Gasteiger charge is 2.05. The molecule has 0 saturated heterocycles. The van der Waals surface area contributed by atoms with Crippen molar-refractivity contribution in [3.05, 3.63) is 55.4 Å². The SMILES string of the molecule is CCCCCc1ncnc(-c2ncncn2)n1.c1ccncc1. The molecule has 3 heterocycles. The lowest BCUT2D eigenvalue weighted by Crippen LogP contribution is -2.01. The molecule has 0 N–H and O–H groups in total. The molecule has 23 heavy (non-hydrogen) atoms.